The summed E-state index contributed by atoms with van der Waals surface area (Å²) in [6.07, 6.45) is 0. The van der Waals surface area contributed by atoms with E-state index in [-0.39, 0.29) is 38.9 Å². The van der Waals surface area contributed by atoms with Crippen LogP contribution >= 0.6 is 11.3 Å². The van der Waals surface area contributed by atoms with Crippen LogP contribution in [-0.2, 0) is 6.54 Å². The molecule has 1 amide bonds. The number of thiophene rings is 1. The third kappa shape index (κ3) is 4.05. The molecule has 13 heteroatoms. The molecule has 0 aliphatic heterocycles. The molecule has 4 aromatic rings. The standard InChI is InChI=1S/C23H19N5O7S/c1-13-18-20(29)26(16-6-4-5-7-17(16)28(34)35)23(31)25(22(18)36-19(13)21(30)24(2)3)12-14-8-10-15(11-9-14)27(32)33/h4-11H,12H2,1-3H3. The molecule has 4 rings (SSSR count). The maximum absolute atomic E-state index is 13.7. The summed E-state index contributed by atoms with van der Waals surface area (Å²) in [4.78, 5) is 63.3. The first-order valence-electron chi connectivity index (χ1n) is 10.5. The van der Waals surface area contributed by atoms with Crippen LogP contribution in [0.5, 0.6) is 0 Å². The van der Waals surface area contributed by atoms with Crippen molar-refractivity contribution in [3.05, 3.63) is 106 Å². The average molecular weight is 510 g/mol. The monoisotopic (exact) mass is 509 g/mol. The van der Waals surface area contributed by atoms with Crippen LogP contribution in [0.2, 0.25) is 0 Å². The fraction of sp³-hybridized carbons (Fsp3) is 0.174. The molecule has 0 unspecified atom stereocenters. The zero-order chi connectivity index (χ0) is 26.3. The van der Waals surface area contributed by atoms with Gasteiger partial charge in [-0.15, -0.1) is 11.3 Å². The molecule has 36 heavy (non-hydrogen) atoms. The molecule has 0 aliphatic carbocycles. The van der Waals surface area contributed by atoms with E-state index in [9.17, 15) is 34.6 Å². The van der Waals surface area contributed by atoms with Gasteiger partial charge in [0, 0.05) is 32.3 Å². The number of aromatic nitrogens is 2. The molecule has 0 saturated heterocycles. The number of nitrogens with zero attached hydrogens (tertiary/aromatic N) is 5. The smallest absolute Gasteiger partial charge is 0.337 e. The topological polar surface area (TPSA) is 151 Å². The van der Waals surface area contributed by atoms with Crippen molar-refractivity contribution in [2.24, 2.45) is 0 Å². The first-order valence-corrected chi connectivity index (χ1v) is 11.3. The molecule has 0 N–H and O–H groups in total. The largest absolute Gasteiger partial charge is 0.344 e. The third-order valence-electron chi connectivity index (χ3n) is 5.62. The average Bonchev–Trinajstić information content (AvgIpc) is 3.18. The van der Waals surface area contributed by atoms with Crippen LogP contribution in [0.15, 0.2) is 58.1 Å². The summed E-state index contributed by atoms with van der Waals surface area (Å²) in [5.41, 5.74) is -1.53. The van der Waals surface area contributed by atoms with E-state index in [0.29, 0.717) is 11.1 Å². The van der Waals surface area contributed by atoms with Gasteiger partial charge in [0.05, 0.1) is 26.7 Å². The number of benzene rings is 2. The SMILES string of the molecule is Cc1c(C(=O)N(C)C)sc2c1c(=O)n(-c1ccccc1[N+](=O)[O-])c(=O)n2Cc1ccc([N+](=O)[O-])cc1. The second kappa shape index (κ2) is 9.19. The molecule has 0 atom stereocenters. The number of nitro groups is 2. The Labute approximate surface area is 206 Å². The number of carbonyl (C=O) groups is 1. The zero-order valence-electron chi connectivity index (χ0n) is 19.3. The molecule has 0 bridgehead atoms. The van der Waals surface area contributed by atoms with Crippen LogP contribution in [0, 0.1) is 27.2 Å². The van der Waals surface area contributed by atoms with Gasteiger partial charge in [-0.1, -0.05) is 24.3 Å². The number of fused-ring (bicyclic) bond motifs is 1. The van der Waals surface area contributed by atoms with Crippen molar-refractivity contribution in [3.63, 3.8) is 0 Å². The Hall–Kier alpha value is -4.65. The van der Waals surface area contributed by atoms with E-state index in [4.69, 9.17) is 0 Å². The number of para-hydroxylation sites is 2. The Morgan fingerprint density at radius 1 is 1.00 bits per heavy atom. The molecular formula is C23H19N5O7S. The van der Waals surface area contributed by atoms with E-state index >= 15 is 0 Å². The molecule has 12 nitrogen and oxygen atoms in total. The van der Waals surface area contributed by atoms with Crippen molar-refractivity contribution in [1.29, 1.82) is 0 Å². The van der Waals surface area contributed by atoms with Gasteiger partial charge in [-0.05, 0) is 24.1 Å². The number of hydrogen-bond donors (Lipinski definition) is 0. The summed E-state index contributed by atoms with van der Waals surface area (Å²) in [6.45, 7) is 1.49. The summed E-state index contributed by atoms with van der Waals surface area (Å²) < 4.78 is 1.98. The van der Waals surface area contributed by atoms with Gasteiger partial charge in [0.1, 0.15) is 10.5 Å². The van der Waals surface area contributed by atoms with Crippen molar-refractivity contribution < 1.29 is 14.6 Å². The van der Waals surface area contributed by atoms with Gasteiger partial charge >= 0.3 is 5.69 Å². The van der Waals surface area contributed by atoms with Crippen LogP contribution in [0.1, 0.15) is 20.8 Å². The van der Waals surface area contributed by atoms with Crippen molar-refractivity contribution >= 4 is 38.8 Å². The van der Waals surface area contributed by atoms with Gasteiger partial charge in [-0.2, -0.15) is 0 Å². The Bertz CT molecular complexity index is 1670. The predicted octanol–water partition coefficient (Wildman–Crippen LogP) is 3.09. The van der Waals surface area contributed by atoms with Crippen molar-refractivity contribution in [1.82, 2.24) is 14.0 Å². The lowest BCUT2D eigenvalue weighted by Crippen LogP contribution is -2.39. The van der Waals surface area contributed by atoms with Crippen LogP contribution in [0.4, 0.5) is 11.4 Å². The van der Waals surface area contributed by atoms with Gasteiger partial charge in [0.2, 0.25) is 0 Å². The second-order valence-electron chi connectivity index (χ2n) is 8.11. The number of nitro benzene ring substituents is 2. The molecule has 2 heterocycles. The summed E-state index contributed by atoms with van der Waals surface area (Å²) in [5, 5.41) is 22.8. The number of amides is 1. The number of aryl methyl sites for hydroxylation is 1. The number of non-ortho nitro benzene ring substituents is 1. The van der Waals surface area contributed by atoms with E-state index in [1.165, 1.54) is 58.0 Å². The fourth-order valence-corrected chi connectivity index (χ4v) is 5.13. The summed E-state index contributed by atoms with van der Waals surface area (Å²) in [5.74, 6) is -0.361. The lowest BCUT2D eigenvalue weighted by atomic mass is 10.1. The molecule has 184 valence electrons. The van der Waals surface area contributed by atoms with Crippen molar-refractivity contribution in [2.75, 3.05) is 14.1 Å². The van der Waals surface area contributed by atoms with Gasteiger partial charge in [-0.3, -0.25) is 34.4 Å². The normalized spacial score (nSPS) is 11.0. The molecule has 0 fully saturated rings. The highest BCUT2D eigenvalue weighted by atomic mass is 32.1. The minimum atomic E-state index is -0.842. The molecule has 0 aliphatic rings. The van der Waals surface area contributed by atoms with Gasteiger partial charge < -0.3 is 4.90 Å². The summed E-state index contributed by atoms with van der Waals surface area (Å²) in [7, 11) is 3.11. The van der Waals surface area contributed by atoms with Crippen LogP contribution < -0.4 is 11.2 Å². The van der Waals surface area contributed by atoms with E-state index in [2.05, 4.69) is 0 Å². The van der Waals surface area contributed by atoms with Crippen LogP contribution in [0.25, 0.3) is 15.9 Å². The molecule has 0 saturated carbocycles. The highest BCUT2D eigenvalue weighted by Crippen LogP contribution is 2.30. The molecule has 2 aromatic carbocycles. The zero-order valence-corrected chi connectivity index (χ0v) is 20.1. The summed E-state index contributed by atoms with van der Waals surface area (Å²) in [6, 6.07) is 10.9. The van der Waals surface area contributed by atoms with Gasteiger partial charge in [0.15, 0.2) is 0 Å². The quantitative estimate of drug-likeness (QED) is 0.286. The predicted molar refractivity (Wildman–Crippen MR) is 133 cm³/mol. The maximum Gasteiger partial charge on any atom is 0.337 e. The molecule has 0 spiro atoms. The van der Waals surface area contributed by atoms with Gasteiger partial charge in [0.25, 0.3) is 22.8 Å². The van der Waals surface area contributed by atoms with Crippen LogP contribution in [0.3, 0.4) is 0 Å². The summed E-state index contributed by atoms with van der Waals surface area (Å²) >= 11 is 0.973. The second-order valence-corrected chi connectivity index (χ2v) is 9.11. The minimum absolute atomic E-state index is 0.0878. The van der Waals surface area contributed by atoms with E-state index in [0.717, 1.165) is 15.9 Å². The minimum Gasteiger partial charge on any atom is -0.344 e. The Morgan fingerprint density at radius 2 is 1.64 bits per heavy atom. The third-order valence-corrected chi connectivity index (χ3v) is 6.92. The Kier molecular flexibility index (Phi) is 6.24. The Balaban J connectivity index is 2.08. The maximum atomic E-state index is 13.7. The van der Waals surface area contributed by atoms with E-state index in [1.54, 1.807) is 21.0 Å². The lowest BCUT2D eigenvalue weighted by Gasteiger charge is -2.12. The number of hydrogen-bond acceptors (Lipinski definition) is 8. The van der Waals surface area contributed by atoms with E-state index < -0.39 is 26.8 Å². The Morgan fingerprint density at radius 3 is 2.22 bits per heavy atom. The first kappa shape index (κ1) is 24.5. The van der Waals surface area contributed by atoms with Crippen molar-refractivity contribution in [2.45, 2.75) is 13.5 Å². The number of rotatable bonds is 6. The van der Waals surface area contributed by atoms with Crippen LogP contribution in [-0.4, -0.2) is 43.9 Å². The van der Waals surface area contributed by atoms with Crippen molar-refractivity contribution in [3.8, 4) is 5.69 Å². The van der Waals surface area contributed by atoms with Gasteiger partial charge in [-0.25, -0.2) is 9.36 Å². The molecule has 0 radical (unpaired) electrons. The number of carbonyl (C=O) groups excluding carboxylic acids is 1. The molecule has 2 aromatic heterocycles. The highest BCUT2D eigenvalue weighted by molar-refractivity contribution is 7.20. The molecular weight excluding hydrogens is 490 g/mol. The lowest BCUT2D eigenvalue weighted by molar-refractivity contribution is -0.385. The fourth-order valence-electron chi connectivity index (χ4n) is 3.82. The highest BCUT2D eigenvalue weighted by Gasteiger charge is 2.27. The first-order chi connectivity index (χ1) is 17.0. The van der Waals surface area contributed by atoms with E-state index in [1.807, 2.05) is 0 Å².